The van der Waals surface area contributed by atoms with Crippen LogP contribution < -0.4 is 20.9 Å². The van der Waals surface area contributed by atoms with Crippen LogP contribution in [0.2, 0.25) is 0 Å². The Morgan fingerprint density at radius 3 is 3.05 bits per heavy atom. The van der Waals surface area contributed by atoms with E-state index in [-0.39, 0.29) is 18.5 Å². The van der Waals surface area contributed by atoms with Crippen molar-refractivity contribution < 1.29 is 9.59 Å². The maximum atomic E-state index is 11.6. The molecule has 0 spiro atoms. The normalized spacial score (nSPS) is 13.8. The number of carbonyl (C=O) groups is 2. The van der Waals surface area contributed by atoms with Crippen LogP contribution >= 0.6 is 0 Å². The predicted molar refractivity (Wildman–Crippen MR) is 77.5 cm³/mol. The summed E-state index contributed by atoms with van der Waals surface area (Å²) in [5.74, 6) is 2.22. The van der Waals surface area contributed by atoms with Crippen molar-refractivity contribution in [2.75, 3.05) is 36.4 Å². The van der Waals surface area contributed by atoms with Gasteiger partial charge in [-0.3, -0.25) is 15.0 Å². The van der Waals surface area contributed by atoms with Crippen LogP contribution in [-0.2, 0) is 4.79 Å². The zero-order valence-corrected chi connectivity index (χ0v) is 11.0. The van der Waals surface area contributed by atoms with Crippen molar-refractivity contribution in [2.45, 2.75) is 0 Å². The summed E-state index contributed by atoms with van der Waals surface area (Å²) in [7, 11) is 0. The zero-order valence-electron chi connectivity index (χ0n) is 11.0. The van der Waals surface area contributed by atoms with Gasteiger partial charge in [0.15, 0.2) is 0 Å². The first-order valence-electron chi connectivity index (χ1n) is 6.30. The summed E-state index contributed by atoms with van der Waals surface area (Å²) in [6.45, 7) is 1.76. The number of nitrogens with zero attached hydrogens (tertiary/aromatic N) is 1. The average Bonchev–Trinajstić information content (AvgIpc) is 2.85. The Labute approximate surface area is 117 Å². The van der Waals surface area contributed by atoms with Crippen molar-refractivity contribution in [2.24, 2.45) is 0 Å². The fourth-order valence-electron chi connectivity index (χ4n) is 1.92. The predicted octanol–water partition coefficient (Wildman–Crippen LogP) is 0.377. The van der Waals surface area contributed by atoms with Gasteiger partial charge in [-0.05, 0) is 18.2 Å². The maximum Gasteiger partial charge on any atom is 0.321 e. The summed E-state index contributed by atoms with van der Waals surface area (Å²) in [6, 6.07) is 7.05. The number of carbonyl (C=O) groups excluding carboxylic acids is 2. The van der Waals surface area contributed by atoms with Crippen molar-refractivity contribution >= 4 is 23.3 Å². The number of anilines is 2. The number of nitrogens with one attached hydrogen (secondary N) is 3. The largest absolute Gasteiger partial charge is 0.336 e. The van der Waals surface area contributed by atoms with E-state index >= 15 is 0 Å². The molecule has 0 bridgehead atoms. The Balaban J connectivity index is 1.97. The van der Waals surface area contributed by atoms with Crippen molar-refractivity contribution in [3.05, 3.63) is 24.3 Å². The van der Waals surface area contributed by atoms with Gasteiger partial charge in [0.25, 0.3) is 0 Å². The van der Waals surface area contributed by atoms with Gasteiger partial charge in [-0.1, -0.05) is 12.0 Å². The molecule has 1 saturated heterocycles. The summed E-state index contributed by atoms with van der Waals surface area (Å²) < 4.78 is 0. The molecule has 6 heteroatoms. The van der Waals surface area contributed by atoms with Gasteiger partial charge >= 0.3 is 6.03 Å². The summed E-state index contributed by atoms with van der Waals surface area (Å²) in [5, 5.41) is 8.29. The van der Waals surface area contributed by atoms with Crippen molar-refractivity contribution in [1.29, 1.82) is 0 Å². The number of rotatable bonds is 5. The minimum absolute atomic E-state index is 0.121. The molecular weight excluding hydrogens is 256 g/mol. The summed E-state index contributed by atoms with van der Waals surface area (Å²) in [6.07, 6.45) is 5.08. The van der Waals surface area contributed by atoms with Crippen LogP contribution in [0.1, 0.15) is 0 Å². The average molecular weight is 272 g/mol. The van der Waals surface area contributed by atoms with E-state index in [9.17, 15) is 9.59 Å². The number of hydrogen-bond acceptors (Lipinski definition) is 3. The van der Waals surface area contributed by atoms with Crippen LogP contribution in [0.25, 0.3) is 0 Å². The van der Waals surface area contributed by atoms with Crippen LogP contribution in [0.3, 0.4) is 0 Å². The first kappa shape index (κ1) is 13.9. The highest BCUT2D eigenvalue weighted by Crippen LogP contribution is 2.20. The molecule has 6 nitrogen and oxygen atoms in total. The third-order valence-electron chi connectivity index (χ3n) is 2.81. The Morgan fingerprint density at radius 1 is 1.50 bits per heavy atom. The quantitative estimate of drug-likeness (QED) is 0.536. The molecule has 0 radical (unpaired) electrons. The van der Waals surface area contributed by atoms with Crippen LogP contribution in [-0.4, -0.2) is 38.1 Å². The molecule has 0 unspecified atom stereocenters. The molecule has 20 heavy (non-hydrogen) atoms. The van der Waals surface area contributed by atoms with Crippen LogP contribution in [0.15, 0.2) is 24.3 Å². The molecule has 2 rings (SSSR count). The monoisotopic (exact) mass is 272 g/mol. The third-order valence-corrected chi connectivity index (χ3v) is 2.81. The van der Waals surface area contributed by atoms with Crippen LogP contribution in [0.4, 0.5) is 16.2 Å². The molecule has 1 aromatic carbocycles. The lowest BCUT2D eigenvalue weighted by molar-refractivity contribution is -0.115. The third kappa shape index (κ3) is 3.49. The number of terminal acetylenes is 1. The highest BCUT2D eigenvalue weighted by molar-refractivity contribution is 5.96. The van der Waals surface area contributed by atoms with Gasteiger partial charge in [-0.2, -0.15) is 0 Å². The van der Waals surface area contributed by atoms with E-state index in [0.29, 0.717) is 25.3 Å². The van der Waals surface area contributed by atoms with E-state index in [2.05, 4.69) is 21.9 Å². The fourth-order valence-corrected chi connectivity index (χ4v) is 1.92. The standard InChI is InChI=1S/C14H16N4O2/c1-2-6-15-10-13(19)17-11-4-3-5-12(9-11)18-8-7-16-14(18)20/h1,3-5,9,15H,6-8,10H2,(H,16,20)(H,17,19). The van der Waals surface area contributed by atoms with Crippen molar-refractivity contribution in [3.8, 4) is 12.3 Å². The second-order valence-corrected chi connectivity index (χ2v) is 4.29. The molecule has 0 saturated carbocycles. The number of benzene rings is 1. The topological polar surface area (TPSA) is 73.5 Å². The van der Waals surface area contributed by atoms with Crippen LogP contribution in [0, 0.1) is 12.3 Å². The van der Waals surface area contributed by atoms with Crippen molar-refractivity contribution in [1.82, 2.24) is 10.6 Å². The fraction of sp³-hybridized carbons (Fsp3) is 0.286. The lowest BCUT2D eigenvalue weighted by Gasteiger charge is -2.15. The SMILES string of the molecule is C#CCNCC(=O)Nc1cccc(N2CCNC2=O)c1. The van der Waals surface area contributed by atoms with Gasteiger partial charge in [0.05, 0.1) is 13.1 Å². The summed E-state index contributed by atoms with van der Waals surface area (Å²) in [4.78, 5) is 24.9. The number of urea groups is 1. The molecule has 104 valence electrons. The van der Waals surface area contributed by atoms with E-state index in [1.807, 2.05) is 6.07 Å². The van der Waals surface area contributed by atoms with Gasteiger partial charge in [-0.15, -0.1) is 6.42 Å². The molecule has 1 aliphatic heterocycles. The molecule has 0 aliphatic carbocycles. The Kier molecular flexibility index (Phi) is 4.58. The first-order valence-corrected chi connectivity index (χ1v) is 6.30. The minimum Gasteiger partial charge on any atom is -0.336 e. The molecule has 3 amide bonds. The lowest BCUT2D eigenvalue weighted by Crippen LogP contribution is -2.29. The van der Waals surface area contributed by atoms with E-state index in [1.54, 1.807) is 23.1 Å². The van der Waals surface area contributed by atoms with Gasteiger partial charge < -0.3 is 10.6 Å². The molecular formula is C14H16N4O2. The smallest absolute Gasteiger partial charge is 0.321 e. The maximum absolute atomic E-state index is 11.6. The first-order chi connectivity index (χ1) is 9.70. The molecule has 1 heterocycles. The summed E-state index contributed by atoms with van der Waals surface area (Å²) >= 11 is 0. The van der Waals surface area contributed by atoms with Gasteiger partial charge in [0.1, 0.15) is 0 Å². The molecule has 1 aromatic rings. The molecule has 1 aliphatic rings. The van der Waals surface area contributed by atoms with E-state index in [4.69, 9.17) is 6.42 Å². The van der Waals surface area contributed by atoms with Gasteiger partial charge in [-0.25, -0.2) is 4.79 Å². The number of hydrogen-bond donors (Lipinski definition) is 3. The molecule has 0 atom stereocenters. The van der Waals surface area contributed by atoms with Crippen molar-refractivity contribution in [3.63, 3.8) is 0 Å². The lowest BCUT2D eigenvalue weighted by atomic mass is 10.2. The molecule has 0 aromatic heterocycles. The highest BCUT2D eigenvalue weighted by atomic mass is 16.2. The van der Waals surface area contributed by atoms with Gasteiger partial charge in [0, 0.05) is 24.5 Å². The summed E-state index contributed by atoms with van der Waals surface area (Å²) in [5.41, 5.74) is 1.41. The number of amides is 3. The second-order valence-electron chi connectivity index (χ2n) is 4.29. The van der Waals surface area contributed by atoms with Gasteiger partial charge in [0.2, 0.25) is 5.91 Å². The Morgan fingerprint density at radius 2 is 2.35 bits per heavy atom. The van der Waals surface area contributed by atoms with E-state index < -0.39 is 0 Å². The Hall–Kier alpha value is -2.52. The molecule has 3 N–H and O–H groups in total. The zero-order chi connectivity index (χ0) is 14.4. The molecule has 1 fully saturated rings. The van der Waals surface area contributed by atoms with E-state index in [0.717, 1.165) is 5.69 Å². The van der Waals surface area contributed by atoms with E-state index in [1.165, 1.54) is 0 Å². The highest BCUT2D eigenvalue weighted by Gasteiger charge is 2.21. The minimum atomic E-state index is -0.178. The second kappa shape index (κ2) is 6.59. The van der Waals surface area contributed by atoms with Crippen LogP contribution in [0.5, 0.6) is 0 Å². The Bertz CT molecular complexity index is 550.